The molecule has 0 heterocycles. The van der Waals surface area contributed by atoms with E-state index in [2.05, 4.69) is 0 Å². The molecule has 7 heteroatoms. The van der Waals surface area contributed by atoms with Gasteiger partial charge in [-0.15, -0.1) is 0 Å². The highest BCUT2D eigenvalue weighted by atomic mass is 32.2. The molecule has 0 spiro atoms. The fraction of sp³-hybridized carbons (Fsp3) is 0.909. The van der Waals surface area contributed by atoms with Crippen molar-refractivity contribution in [3.8, 4) is 0 Å². The lowest BCUT2D eigenvalue weighted by atomic mass is 10.1. The molecule has 1 rings (SSSR count). The average molecular weight is 278 g/mol. The van der Waals surface area contributed by atoms with E-state index in [9.17, 15) is 13.2 Å². The van der Waals surface area contributed by atoms with E-state index >= 15 is 0 Å². The molecule has 1 saturated carbocycles. The van der Waals surface area contributed by atoms with Gasteiger partial charge < -0.3 is 10.0 Å². The molecule has 106 valence electrons. The first-order valence-electron chi connectivity index (χ1n) is 6.09. The maximum absolute atomic E-state index is 12.3. The molecule has 0 amide bonds. The summed E-state index contributed by atoms with van der Waals surface area (Å²) < 4.78 is 25.9. The summed E-state index contributed by atoms with van der Waals surface area (Å²) in [6, 6.07) is 0. The van der Waals surface area contributed by atoms with E-state index in [1.807, 2.05) is 19.0 Å². The first-order chi connectivity index (χ1) is 8.26. The van der Waals surface area contributed by atoms with Crippen LogP contribution in [0.2, 0.25) is 0 Å². The molecular formula is C11H22N2O4S. The molecule has 0 aromatic rings. The van der Waals surface area contributed by atoms with Crippen LogP contribution in [0.15, 0.2) is 0 Å². The fourth-order valence-corrected chi connectivity index (χ4v) is 4.19. The van der Waals surface area contributed by atoms with Crippen molar-refractivity contribution < 1.29 is 18.3 Å². The Morgan fingerprint density at radius 2 is 1.83 bits per heavy atom. The third-order valence-electron chi connectivity index (χ3n) is 3.45. The number of hydrogen-bond donors (Lipinski definition) is 1. The smallest absolute Gasteiger partial charge is 0.307 e. The Morgan fingerprint density at radius 1 is 1.22 bits per heavy atom. The predicted molar refractivity (Wildman–Crippen MR) is 68.9 cm³/mol. The van der Waals surface area contributed by atoms with Crippen LogP contribution in [0.1, 0.15) is 19.3 Å². The quantitative estimate of drug-likeness (QED) is 0.743. The van der Waals surface area contributed by atoms with E-state index in [-0.39, 0.29) is 0 Å². The van der Waals surface area contributed by atoms with Gasteiger partial charge in [0.2, 0.25) is 10.0 Å². The zero-order chi connectivity index (χ0) is 13.9. The van der Waals surface area contributed by atoms with Crippen molar-refractivity contribution in [1.82, 2.24) is 9.21 Å². The minimum atomic E-state index is -3.50. The first-order valence-corrected chi connectivity index (χ1v) is 7.60. The van der Waals surface area contributed by atoms with Gasteiger partial charge in [-0.2, -0.15) is 0 Å². The Morgan fingerprint density at radius 3 is 2.33 bits per heavy atom. The Kier molecular flexibility index (Phi) is 5.12. The minimum absolute atomic E-state index is 0.387. The van der Waals surface area contributed by atoms with Gasteiger partial charge >= 0.3 is 5.97 Å². The zero-order valence-corrected chi connectivity index (χ0v) is 12.0. The highest BCUT2D eigenvalue weighted by Crippen LogP contribution is 2.32. The molecule has 0 saturated heterocycles. The van der Waals surface area contributed by atoms with Crippen LogP contribution in [0.4, 0.5) is 0 Å². The van der Waals surface area contributed by atoms with Crippen LogP contribution in [0.5, 0.6) is 0 Å². The van der Waals surface area contributed by atoms with Crippen molar-refractivity contribution in [2.45, 2.75) is 24.5 Å². The Hall–Kier alpha value is -0.660. The largest absolute Gasteiger partial charge is 0.481 e. The number of hydrogen-bond acceptors (Lipinski definition) is 4. The summed E-state index contributed by atoms with van der Waals surface area (Å²) in [7, 11) is 1.76. The summed E-state index contributed by atoms with van der Waals surface area (Å²) in [4.78, 5) is 13.0. The van der Waals surface area contributed by atoms with Crippen molar-refractivity contribution in [2.75, 3.05) is 34.2 Å². The van der Waals surface area contributed by atoms with Crippen LogP contribution < -0.4 is 0 Å². The molecule has 0 aliphatic heterocycles. The number of nitrogens with zero attached hydrogens (tertiary/aromatic N) is 2. The van der Waals surface area contributed by atoms with Crippen molar-refractivity contribution in [3.05, 3.63) is 0 Å². The van der Waals surface area contributed by atoms with Gasteiger partial charge in [-0.05, 0) is 26.9 Å². The van der Waals surface area contributed by atoms with Crippen LogP contribution in [0.25, 0.3) is 0 Å². The summed E-state index contributed by atoms with van der Waals surface area (Å²) in [5, 5.41) is 8.29. The summed E-state index contributed by atoms with van der Waals surface area (Å²) >= 11 is 0. The summed E-state index contributed by atoms with van der Waals surface area (Å²) in [5.41, 5.74) is 0. The molecular weight excluding hydrogens is 256 g/mol. The standard InChI is InChI=1S/C11H22N2O4S/c1-12(2)7-8-13(3)18(16,17)10-6-4-5-9(10)11(14)15/h9-10H,4-8H2,1-3H3,(H,14,15). The van der Waals surface area contributed by atoms with Gasteiger partial charge in [-0.25, -0.2) is 12.7 Å². The molecule has 1 aliphatic rings. The highest BCUT2D eigenvalue weighted by Gasteiger charge is 2.43. The fourth-order valence-electron chi connectivity index (χ4n) is 2.26. The number of carboxylic acids is 1. The number of carboxylic acid groups (broad SMARTS) is 1. The Labute approximate surface area is 109 Å². The van der Waals surface area contributed by atoms with E-state index in [1.165, 1.54) is 11.4 Å². The first kappa shape index (κ1) is 15.4. The van der Waals surface area contributed by atoms with Gasteiger partial charge in [-0.3, -0.25) is 4.79 Å². The Balaban J connectivity index is 2.76. The number of aliphatic carboxylic acids is 1. The summed E-state index contributed by atoms with van der Waals surface area (Å²) in [5.74, 6) is -1.75. The number of likely N-dealkylation sites (N-methyl/N-ethyl adjacent to an activating group) is 2. The second-order valence-electron chi connectivity index (χ2n) is 5.08. The molecule has 0 aromatic carbocycles. The third kappa shape index (κ3) is 3.43. The van der Waals surface area contributed by atoms with Crippen molar-refractivity contribution >= 4 is 16.0 Å². The van der Waals surface area contributed by atoms with Crippen LogP contribution in [-0.2, 0) is 14.8 Å². The molecule has 2 unspecified atom stereocenters. The van der Waals surface area contributed by atoms with E-state index in [4.69, 9.17) is 5.11 Å². The number of carbonyl (C=O) groups is 1. The van der Waals surface area contributed by atoms with E-state index in [1.54, 1.807) is 0 Å². The predicted octanol–water partition coefficient (Wildman–Crippen LogP) is 0.0629. The normalized spacial score (nSPS) is 24.9. The average Bonchev–Trinajstić information content (AvgIpc) is 2.74. The molecule has 6 nitrogen and oxygen atoms in total. The molecule has 0 aromatic heterocycles. The Bertz CT molecular complexity index is 394. The molecule has 1 aliphatic carbocycles. The van der Waals surface area contributed by atoms with Gasteiger partial charge in [0, 0.05) is 20.1 Å². The molecule has 1 N–H and O–H groups in total. The zero-order valence-electron chi connectivity index (χ0n) is 11.2. The molecule has 0 radical (unpaired) electrons. The molecule has 2 atom stereocenters. The van der Waals surface area contributed by atoms with E-state index in [0.717, 1.165) is 0 Å². The maximum atomic E-state index is 12.3. The van der Waals surface area contributed by atoms with Gasteiger partial charge in [0.05, 0.1) is 11.2 Å². The van der Waals surface area contributed by atoms with Crippen LogP contribution in [0, 0.1) is 5.92 Å². The lowest BCUT2D eigenvalue weighted by molar-refractivity contribution is -0.141. The summed E-state index contributed by atoms with van der Waals surface area (Å²) in [6.45, 7) is 1.01. The van der Waals surface area contributed by atoms with Crippen molar-refractivity contribution in [2.24, 2.45) is 5.92 Å². The molecule has 18 heavy (non-hydrogen) atoms. The van der Waals surface area contributed by atoms with E-state index < -0.39 is 27.2 Å². The highest BCUT2D eigenvalue weighted by molar-refractivity contribution is 7.89. The SMILES string of the molecule is CN(C)CCN(C)S(=O)(=O)C1CCCC1C(=O)O. The monoisotopic (exact) mass is 278 g/mol. The van der Waals surface area contributed by atoms with Crippen LogP contribution >= 0.6 is 0 Å². The lowest BCUT2D eigenvalue weighted by Gasteiger charge is -2.25. The lowest BCUT2D eigenvalue weighted by Crippen LogP contribution is -2.42. The number of sulfonamides is 1. The van der Waals surface area contributed by atoms with Gasteiger partial charge in [-0.1, -0.05) is 6.42 Å². The maximum Gasteiger partial charge on any atom is 0.307 e. The summed E-state index contributed by atoms with van der Waals surface area (Å²) in [6.07, 6.45) is 1.58. The third-order valence-corrected chi connectivity index (χ3v) is 5.83. The van der Waals surface area contributed by atoms with Gasteiger partial charge in [0.1, 0.15) is 0 Å². The second kappa shape index (κ2) is 5.99. The van der Waals surface area contributed by atoms with E-state index in [0.29, 0.717) is 32.4 Å². The van der Waals surface area contributed by atoms with Crippen LogP contribution in [-0.4, -0.2) is 68.2 Å². The minimum Gasteiger partial charge on any atom is -0.481 e. The topological polar surface area (TPSA) is 77.9 Å². The van der Waals surface area contributed by atoms with Crippen molar-refractivity contribution in [3.63, 3.8) is 0 Å². The number of rotatable bonds is 6. The van der Waals surface area contributed by atoms with Crippen molar-refractivity contribution in [1.29, 1.82) is 0 Å². The molecule has 1 fully saturated rings. The van der Waals surface area contributed by atoms with Gasteiger partial charge in [0.15, 0.2) is 0 Å². The van der Waals surface area contributed by atoms with Gasteiger partial charge in [0.25, 0.3) is 0 Å². The van der Waals surface area contributed by atoms with Crippen LogP contribution in [0.3, 0.4) is 0 Å². The second-order valence-corrected chi connectivity index (χ2v) is 7.34. The molecule has 0 bridgehead atoms.